The first-order valence-electron chi connectivity index (χ1n) is 7.89. The fourth-order valence-corrected chi connectivity index (χ4v) is 4.58. The van der Waals surface area contributed by atoms with Gasteiger partial charge in [0.15, 0.2) is 11.5 Å². The molecule has 22 heavy (non-hydrogen) atoms. The summed E-state index contributed by atoms with van der Waals surface area (Å²) < 4.78 is 39.0. The van der Waals surface area contributed by atoms with Gasteiger partial charge < -0.3 is 9.47 Å². The topological polar surface area (TPSA) is 64.6 Å². The van der Waals surface area contributed by atoms with Crippen LogP contribution in [0.3, 0.4) is 0 Å². The molecule has 1 aliphatic heterocycles. The van der Waals surface area contributed by atoms with Crippen LogP contribution in [-0.2, 0) is 10.0 Å². The maximum Gasteiger partial charge on any atom is 0.240 e. The third-order valence-electron chi connectivity index (χ3n) is 4.84. The number of benzene rings is 1. The fraction of sp³-hybridized carbons (Fsp3) is 0.625. The second-order valence-electron chi connectivity index (χ2n) is 6.30. The van der Waals surface area contributed by atoms with Gasteiger partial charge in [-0.1, -0.05) is 26.7 Å². The number of sulfonamides is 1. The molecule has 2 aliphatic rings. The minimum Gasteiger partial charge on any atom is -0.486 e. The number of fused-ring (bicyclic) bond motifs is 1. The lowest BCUT2D eigenvalue weighted by Gasteiger charge is -2.34. The van der Waals surface area contributed by atoms with Gasteiger partial charge in [0.25, 0.3) is 0 Å². The van der Waals surface area contributed by atoms with Gasteiger partial charge in [0, 0.05) is 12.1 Å². The molecule has 1 heterocycles. The summed E-state index contributed by atoms with van der Waals surface area (Å²) >= 11 is 0. The van der Waals surface area contributed by atoms with E-state index in [1.807, 2.05) is 0 Å². The van der Waals surface area contributed by atoms with Crippen molar-refractivity contribution in [2.75, 3.05) is 13.2 Å². The van der Waals surface area contributed by atoms with E-state index in [9.17, 15) is 8.42 Å². The standard InChI is InChI=1S/C16H23NO4S/c1-11-4-3-5-14(12(11)2)17-22(18,19)13-6-7-15-16(10-13)21-9-8-20-15/h6-7,10-12,14,17H,3-5,8-9H2,1-2H3/t11-,12+,14+/m0/s1. The SMILES string of the molecule is C[C@@H]1[C@@H](C)CCC[C@H]1NS(=O)(=O)c1ccc2c(c1)OCCO2. The molecule has 3 atom stereocenters. The van der Waals surface area contributed by atoms with E-state index >= 15 is 0 Å². The van der Waals surface area contributed by atoms with Crippen molar-refractivity contribution in [1.82, 2.24) is 4.72 Å². The van der Waals surface area contributed by atoms with Crippen LogP contribution >= 0.6 is 0 Å². The zero-order chi connectivity index (χ0) is 15.7. The minimum absolute atomic E-state index is 0.00181. The first-order valence-corrected chi connectivity index (χ1v) is 9.37. The molecule has 5 nitrogen and oxygen atoms in total. The average Bonchev–Trinajstić information content (AvgIpc) is 2.51. The Bertz CT molecular complexity index is 644. The summed E-state index contributed by atoms with van der Waals surface area (Å²) in [5.41, 5.74) is 0. The molecule has 0 bridgehead atoms. The van der Waals surface area contributed by atoms with Crippen molar-refractivity contribution in [3.63, 3.8) is 0 Å². The smallest absolute Gasteiger partial charge is 0.240 e. The molecule has 0 saturated heterocycles. The van der Waals surface area contributed by atoms with Crippen LogP contribution in [-0.4, -0.2) is 27.7 Å². The van der Waals surface area contributed by atoms with Gasteiger partial charge in [0.05, 0.1) is 4.90 Å². The highest BCUT2D eigenvalue weighted by Gasteiger charge is 2.31. The Morgan fingerprint density at radius 2 is 1.82 bits per heavy atom. The number of hydrogen-bond acceptors (Lipinski definition) is 4. The number of rotatable bonds is 3. The van der Waals surface area contributed by atoms with Gasteiger partial charge in [0.2, 0.25) is 10.0 Å². The highest BCUT2D eigenvalue weighted by atomic mass is 32.2. The molecule has 1 fully saturated rings. The summed E-state index contributed by atoms with van der Waals surface area (Å²) in [5.74, 6) is 1.99. The largest absolute Gasteiger partial charge is 0.486 e. The monoisotopic (exact) mass is 325 g/mol. The maximum absolute atomic E-state index is 12.6. The van der Waals surface area contributed by atoms with E-state index in [2.05, 4.69) is 18.6 Å². The predicted octanol–water partition coefficient (Wildman–Crippen LogP) is 2.56. The Labute approximate surface area is 132 Å². The minimum atomic E-state index is -3.54. The Morgan fingerprint density at radius 3 is 2.59 bits per heavy atom. The van der Waals surface area contributed by atoms with E-state index in [1.54, 1.807) is 18.2 Å². The summed E-state index contributed by atoms with van der Waals surface area (Å²) in [4.78, 5) is 0.238. The van der Waals surface area contributed by atoms with Crippen LogP contribution in [0.5, 0.6) is 11.5 Å². The lowest BCUT2D eigenvalue weighted by Crippen LogP contribution is -2.43. The second-order valence-corrected chi connectivity index (χ2v) is 8.01. The Balaban J connectivity index is 1.80. The van der Waals surface area contributed by atoms with Crippen LogP contribution in [0.25, 0.3) is 0 Å². The predicted molar refractivity (Wildman–Crippen MR) is 83.7 cm³/mol. The van der Waals surface area contributed by atoms with Crippen LogP contribution in [0.4, 0.5) is 0 Å². The van der Waals surface area contributed by atoms with Crippen molar-refractivity contribution in [1.29, 1.82) is 0 Å². The van der Waals surface area contributed by atoms with Crippen LogP contribution in [0, 0.1) is 11.8 Å². The normalized spacial score (nSPS) is 28.4. The fourth-order valence-electron chi connectivity index (χ4n) is 3.21. The van der Waals surface area contributed by atoms with Crippen LogP contribution < -0.4 is 14.2 Å². The van der Waals surface area contributed by atoms with Crippen molar-refractivity contribution in [3.8, 4) is 11.5 Å². The zero-order valence-electron chi connectivity index (χ0n) is 13.0. The van der Waals surface area contributed by atoms with Crippen molar-refractivity contribution in [2.45, 2.75) is 44.0 Å². The lowest BCUT2D eigenvalue weighted by atomic mass is 9.78. The molecule has 122 valence electrons. The first kappa shape index (κ1) is 15.6. The maximum atomic E-state index is 12.6. The first-order chi connectivity index (χ1) is 10.5. The van der Waals surface area contributed by atoms with Gasteiger partial charge in [-0.2, -0.15) is 0 Å². The van der Waals surface area contributed by atoms with Crippen LogP contribution in [0.15, 0.2) is 23.1 Å². The molecule has 1 aliphatic carbocycles. The second kappa shape index (κ2) is 6.08. The molecule has 3 rings (SSSR count). The average molecular weight is 325 g/mol. The summed E-state index contributed by atoms with van der Waals surface area (Å²) in [5, 5.41) is 0. The third kappa shape index (κ3) is 3.08. The summed E-state index contributed by atoms with van der Waals surface area (Å²) in [7, 11) is -3.54. The van der Waals surface area contributed by atoms with E-state index in [4.69, 9.17) is 9.47 Å². The van der Waals surface area contributed by atoms with E-state index < -0.39 is 10.0 Å². The van der Waals surface area contributed by atoms with E-state index in [0.717, 1.165) is 12.8 Å². The molecule has 1 saturated carbocycles. The molecular formula is C16H23NO4S. The van der Waals surface area contributed by atoms with Crippen LogP contribution in [0.1, 0.15) is 33.1 Å². The molecule has 6 heteroatoms. The highest BCUT2D eigenvalue weighted by Crippen LogP contribution is 2.34. The van der Waals surface area contributed by atoms with Gasteiger partial charge in [-0.3, -0.25) is 0 Å². The molecule has 1 aromatic carbocycles. The number of hydrogen-bond donors (Lipinski definition) is 1. The molecule has 0 unspecified atom stereocenters. The van der Waals surface area contributed by atoms with Gasteiger partial charge >= 0.3 is 0 Å². The molecule has 0 spiro atoms. The van der Waals surface area contributed by atoms with E-state index in [1.165, 1.54) is 6.42 Å². The summed E-state index contributed by atoms with van der Waals surface area (Å²) in [6.45, 7) is 5.26. The highest BCUT2D eigenvalue weighted by molar-refractivity contribution is 7.89. The zero-order valence-corrected chi connectivity index (χ0v) is 13.9. The van der Waals surface area contributed by atoms with Gasteiger partial charge in [-0.05, 0) is 30.4 Å². The van der Waals surface area contributed by atoms with Gasteiger partial charge in [-0.25, -0.2) is 13.1 Å². The molecule has 0 radical (unpaired) electrons. The van der Waals surface area contributed by atoms with Crippen LogP contribution in [0.2, 0.25) is 0 Å². The third-order valence-corrected chi connectivity index (χ3v) is 6.32. The Kier molecular flexibility index (Phi) is 4.32. The van der Waals surface area contributed by atoms with Crippen molar-refractivity contribution in [3.05, 3.63) is 18.2 Å². The Hall–Kier alpha value is -1.27. The molecule has 0 amide bonds. The van der Waals surface area contributed by atoms with Gasteiger partial charge in [-0.15, -0.1) is 0 Å². The quantitative estimate of drug-likeness (QED) is 0.927. The van der Waals surface area contributed by atoms with Gasteiger partial charge in [0.1, 0.15) is 13.2 Å². The van der Waals surface area contributed by atoms with E-state index in [-0.39, 0.29) is 10.9 Å². The van der Waals surface area contributed by atoms with Crippen molar-refractivity contribution >= 4 is 10.0 Å². The molecular weight excluding hydrogens is 302 g/mol. The molecule has 0 aromatic heterocycles. The summed E-state index contributed by atoms with van der Waals surface area (Å²) in [6.07, 6.45) is 3.14. The molecule has 1 N–H and O–H groups in total. The van der Waals surface area contributed by atoms with Crippen molar-refractivity contribution in [2.24, 2.45) is 11.8 Å². The van der Waals surface area contributed by atoms with E-state index in [0.29, 0.717) is 36.5 Å². The number of nitrogens with one attached hydrogen (secondary N) is 1. The summed E-state index contributed by atoms with van der Waals surface area (Å²) in [6, 6.07) is 4.79. The number of ether oxygens (including phenoxy) is 2. The molecule has 1 aromatic rings. The lowest BCUT2D eigenvalue weighted by molar-refractivity contribution is 0.171. The van der Waals surface area contributed by atoms with Crippen molar-refractivity contribution < 1.29 is 17.9 Å². The Morgan fingerprint density at radius 1 is 1.09 bits per heavy atom.